The summed E-state index contributed by atoms with van der Waals surface area (Å²) in [4.78, 5) is 26.0. The highest BCUT2D eigenvalue weighted by Crippen LogP contribution is 2.14. The zero-order chi connectivity index (χ0) is 15.8. The smallest absolute Gasteiger partial charge is 0.253 e. The van der Waals surface area contributed by atoms with Gasteiger partial charge in [0, 0.05) is 31.1 Å². The highest BCUT2D eigenvalue weighted by Gasteiger charge is 2.24. The number of hydrogen-bond donors (Lipinski definition) is 2. The van der Waals surface area contributed by atoms with E-state index in [4.69, 9.17) is 0 Å². The molecule has 0 saturated carbocycles. The Morgan fingerprint density at radius 1 is 1.18 bits per heavy atom. The van der Waals surface area contributed by atoms with Gasteiger partial charge in [0.2, 0.25) is 5.91 Å². The second-order valence-electron chi connectivity index (χ2n) is 5.71. The van der Waals surface area contributed by atoms with Crippen LogP contribution in [0.25, 0.3) is 0 Å². The summed E-state index contributed by atoms with van der Waals surface area (Å²) in [5.74, 6) is 0.197. The fraction of sp³-hybridized carbons (Fsp3) is 0.529. The van der Waals surface area contributed by atoms with Crippen LogP contribution in [0.2, 0.25) is 0 Å². The Morgan fingerprint density at radius 2 is 1.86 bits per heavy atom. The molecule has 0 unspecified atom stereocenters. The first-order chi connectivity index (χ1) is 10.7. The van der Waals surface area contributed by atoms with Crippen molar-refractivity contribution in [1.82, 2.24) is 15.5 Å². The van der Waals surface area contributed by atoms with Crippen LogP contribution in [-0.2, 0) is 4.79 Å². The summed E-state index contributed by atoms with van der Waals surface area (Å²) in [6.45, 7) is 2.27. The third-order valence-corrected chi connectivity index (χ3v) is 4.00. The van der Waals surface area contributed by atoms with Crippen LogP contribution in [0.15, 0.2) is 30.3 Å². The van der Waals surface area contributed by atoms with E-state index in [9.17, 15) is 9.59 Å². The van der Waals surface area contributed by atoms with Crippen LogP contribution in [0.5, 0.6) is 0 Å². The Morgan fingerprint density at radius 3 is 2.50 bits per heavy atom. The molecule has 0 aromatic heterocycles. The quantitative estimate of drug-likeness (QED) is 0.781. The number of benzene rings is 1. The van der Waals surface area contributed by atoms with Crippen molar-refractivity contribution < 1.29 is 9.59 Å². The maximum Gasteiger partial charge on any atom is 0.253 e. The molecule has 0 spiro atoms. The van der Waals surface area contributed by atoms with E-state index in [0.29, 0.717) is 19.5 Å². The lowest BCUT2D eigenvalue weighted by atomic mass is 10.0. The average Bonchev–Trinajstić information content (AvgIpc) is 2.56. The minimum Gasteiger partial charge on any atom is -0.353 e. The molecule has 22 heavy (non-hydrogen) atoms. The summed E-state index contributed by atoms with van der Waals surface area (Å²) >= 11 is 0. The van der Waals surface area contributed by atoms with Crippen molar-refractivity contribution in [2.24, 2.45) is 0 Å². The van der Waals surface area contributed by atoms with Gasteiger partial charge in [0.1, 0.15) is 0 Å². The molecule has 5 nitrogen and oxygen atoms in total. The maximum atomic E-state index is 12.3. The lowest BCUT2D eigenvalue weighted by molar-refractivity contribution is -0.122. The number of amides is 2. The van der Waals surface area contributed by atoms with Crippen molar-refractivity contribution in [3.8, 4) is 0 Å². The number of carbonyl (C=O) groups is 2. The molecule has 2 N–H and O–H groups in total. The van der Waals surface area contributed by atoms with Crippen LogP contribution in [0.4, 0.5) is 0 Å². The standard InChI is InChI=1S/C17H25N3O2/c1-18-11-5-8-16(21)19-15-9-12-20(13-10-15)17(22)14-6-3-2-4-7-14/h2-4,6-7,15,18H,5,8-13H2,1H3,(H,19,21). The van der Waals surface area contributed by atoms with Crippen molar-refractivity contribution in [3.05, 3.63) is 35.9 Å². The molecule has 2 rings (SSSR count). The maximum absolute atomic E-state index is 12.3. The summed E-state index contributed by atoms with van der Waals surface area (Å²) in [5, 5.41) is 6.11. The van der Waals surface area contributed by atoms with Gasteiger partial charge >= 0.3 is 0 Å². The van der Waals surface area contributed by atoms with E-state index in [-0.39, 0.29) is 17.9 Å². The zero-order valence-corrected chi connectivity index (χ0v) is 13.2. The normalized spacial score (nSPS) is 15.6. The molecule has 0 bridgehead atoms. The van der Waals surface area contributed by atoms with E-state index in [1.165, 1.54) is 0 Å². The van der Waals surface area contributed by atoms with E-state index in [1.54, 1.807) is 0 Å². The van der Waals surface area contributed by atoms with Gasteiger partial charge in [-0.25, -0.2) is 0 Å². The lowest BCUT2D eigenvalue weighted by Crippen LogP contribution is -2.46. The molecule has 0 aliphatic carbocycles. The van der Waals surface area contributed by atoms with E-state index < -0.39 is 0 Å². The third-order valence-electron chi connectivity index (χ3n) is 4.00. The minimum atomic E-state index is 0.0828. The Hall–Kier alpha value is -1.88. The molecule has 1 aliphatic rings. The number of hydrogen-bond acceptors (Lipinski definition) is 3. The molecule has 1 aliphatic heterocycles. The lowest BCUT2D eigenvalue weighted by Gasteiger charge is -2.32. The van der Waals surface area contributed by atoms with Crippen molar-refractivity contribution in [2.75, 3.05) is 26.7 Å². The Bertz CT molecular complexity index is 482. The predicted molar refractivity (Wildman–Crippen MR) is 86.7 cm³/mol. The largest absolute Gasteiger partial charge is 0.353 e. The highest BCUT2D eigenvalue weighted by molar-refractivity contribution is 5.94. The summed E-state index contributed by atoms with van der Waals surface area (Å²) in [7, 11) is 1.89. The highest BCUT2D eigenvalue weighted by atomic mass is 16.2. The van der Waals surface area contributed by atoms with Crippen LogP contribution < -0.4 is 10.6 Å². The molecule has 0 radical (unpaired) electrons. The van der Waals surface area contributed by atoms with Crippen LogP contribution in [0.1, 0.15) is 36.0 Å². The molecule has 1 saturated heterocycles. The number of nitrogens with zero attached hydrogens (tertiary/aromatic N) is 1. The monoisotopic (exact) mass is 303 g/mol. The van der Waals surface area contributed by atoms with E-state index >= 15 is 0 Å². The van der Waals surface area contributed by atoms with Crippen molar-refractivity contribution in [1.29, 1.82) is 0 Å². The van der Waals surface area contributed by atoms with Crippen LogP contribution >= 0.6 is 0 Å². The summed E-state index contributed by atoms with van der Waals surface area (Å²) in [6.07, 6.45) is 3.07. The average molecular weight is 303 g/mol. The molecule has 2 amide bonds. The van der Waals surface area contributed by atoms with E-state index in [1.807, 2.05) is 42.3 Å². The van der Waals surface area contributed by atoms with Gasteiger partial charge < -0.3 is 15.5 Å². The molecule has 1 fully saturated rings. The fourth-order valence-corrected chi connectivity index (χ4v) is 2.72. The van der Waals surface area contributed by atoms with Gasteiger partial charge in [0.25, 0.3) is 5.91 Å². The molecular formula is C17H25N3O2. The Kier molecular flexibility index (Phi) is 6.40. The topological polar surface area (TPSA) is 61.4 Å². The van der Waals surface area contributed by atoms with Crippen molar-refractivity contribution >= 4 is 11.8 Å². The molecule has 1 aromatic carbocycles. The van der Waals surface area contributed by atoms with Gasteiger partial charge in [0.05, 0.1) is 0 Å². The first-order valence-electron chi connectivity index (χ1n) is 7.99. The second-order valence-corrected chi connectivity index (χ2v) is 5.71. The Labute approximate surface area is 132 Å². The second kappa shape index (κ2) is 8.54. The summed E-state index contributed by atoms with van der Waals surface area (Å²) in [6, 6.07) is 9.56. The first kappa shape index (κ1) is 16.5. The fourth-order valence-electron chi connectivity index (χ4n) is 2.72. The summed E-state index contributed by atoms with van der Waals surface area (Å²) < 4.78 is 0. The molecule has 120 valence electrons. The van der Waals surface area contributed by atoms with Gasteiger partial charge in [-0.1, -0.05) is 18.2 Å². The van der Waals surface area contributed by atoms with Crippen LogP contribution in [0.3, 0.4) is 0 Å². The minimum absolute atomic E-state index is 0.0828. The molecular weight excluding hydrogens is 278 g/mol. The van der Waals surface area contributed by atoms with E-state index in [0.717, 1.165) is 31.4 Å². The number of nitrogens with one attached hydrogen (secondary N) is 2. The van der Waals surface area contributed by atoms with Gasteiger partial charge in [-0.3, -0.25) is 9.59 Å². The SMILES string of the molecule is CNCCCC(=O)NC1CCN(C(=O)c2ccccc2)CC1. The van der Waals surface area contributed by atoms with Gasteiger partial charge in [0.15, 0.2) is 0 Å². The molecule has 0 atom stereocenters. The van der Waals surface area contributed by atoms with Crippen molar-refractivity contribution in [3.63, 3.8) is 0 Å². The van der Waals surface area contributed by atoms with Crippen molar-refractivity contribution in [2.45, 2.75) is 31.7 Å². The Balaban J connectivity index is 1.74. The predicted octanol–water partition coefficient (Wildman–Crippen LogP) is 1.41. The van der Waals surface area contributed by atoms with Crippen LogP contribution in [-0.4, -0.2) is 49.4 Å². The first-order valence-corrected chi connectivity index (χ1v) is 7.99. The van der Waals surface area contributed by atoms with E-state index in [2.05, 4.69) is 10.6 Å². The molecule has 1 aromatic rings. The molecule has 5 heteroatoms. The van der Waals surface area contributed by atoms with Gasteiger partial charge in [-0.2, -0.15) is 0 Å². The number of likely N-dealkylation sites (tertiary alicyclic amines) is 1. The molecule has 1 heterocycles. The third kappa shape index (κ3) is 4.84. The zero-order valence-electron chi connectivity index (χ0n) is 13.2. The summed E-state index contributed by atoms with van der Waals surface area (Å²) in [5.41, 5.74) is 0.733. The van der Waals surface area contributed by atoms with Gasteiger partial charge in [-0.05, 0) is 45.0 Å². The number of rotatable bonds is 6. The van der Waals surface area contributed by atoms with Gasteiger partial charge in [-0.15, -0.1) is 0 Å². The number of carbonyl (C=O) groups excluding carboxylic acids is 2. The number of piperidine rings is 1. The van der Waals surface area contributed by atoms with Crippen LogP contribution in [0, 0.1) is 0 Å².